The Hall–Kier alpha value is -2.22. The number of fused-ring (bicyclic) bond motifs is 1. The van der Waals surface area contributed by atoms with Gasteiger partial charge in [0.25, 0.3) is 0 Å². The SMILES string of the molecule is O=C1CCC(N2Cc3cc(F)cc(SCc4ccc(CN5CCCCC5)cc4)c3C2)C(=O)N1. The van der Waals surface area contributed by atoms with E-state index in [4.69, 9.17) is 0 Å². The molecule has 1 N–H and O–H groups in total. The molecule has 0 saturated carbocycles. The zero-order valence-corrected chi connectivity index (χ0v) is 19.6. The normalized spacial score (nSPS) is 21.8. The first-order chi connectivity index (χ1) is 16.0. The number of hydrogen-bond donors (Lipinski definition) is 1. The molecule has 3 aliphatic heterocycles. The molecule has 7 heteroatoms. The van der Waals surface area contributed by atoms with Gasteiger partial charge in [0, 0.05) is 36.7 Å². The molecule has 2 aromatic carbocycles. The maximum atomic E-state index is 14.4. The van der Waals surface area contributed by atoms with E-state index in [-0.39, 0.29) is 23.7 Å². The molecule has 5 rings (SSSR count). The van der Waals surface area contributed by atoms with Crippen LogP contribution >= 0.6 is 11.8 Å². The minimum atomic E-state index is -0.330. The van der Waals surface area contributed by atoms with Gasteiger partial charge in [-0.3, -0.25) is 24.7 Å². The first kappa shape index (κ1) is 22.6. The summed E-state index contributed by atoms with van der Waals surface area (Å²) in [4.78, 5) is 29.3. The van der Waals surface area contributed by atoms with Gasteiger partial charge in [-0.2, -0.15) is 0 Å². The maximum Gasteiger partial charge on any atom is 0.243 e. The first-order valence-electron chi connectivity index (χ1n) is 11.9. The summed E-state index contributed by atoms with van der Waals surface area (Å²) in [5, 5.41) is 2.43. The fourth-order valence-electron chi connectivity index (χ4n) is 5.12. The van der Waals surface area contributed by atoms with Crippen LogP contribution in [0.2, 0.25) is 0 Å². The van der Waals surface area contributed by atoms with Crippen molar-refractivity contribution in [3.8, 4) is 0 Å². The van der Waals surface area contributed by atoms with E-state index in [1.54, 1.807) is 23.9 Å². The van der Waals surface area contributed by atoms with Crippen molar-refractivity contribution in [1.29, 1.82) is 0 Å². The molecule has 3 heterocycles. The lowest BCUT2D eigenvalue weighted by Gasteiger charge is -2.29. The molecule has 1 unspecified atom stereocenters. The van der Waals surface area contributed by atoms with Crippen LogP contribution in [0.4, 0.5) is 4.39 Å². The third-order valence-electron chi connectivity index (χ3n) is 6.92. The highest BCUT2D eigenvalue weighted by atomic mass is 32.2. The van der Waals surface area contributed by atoms with Crippen LogP contribution in [0.5, 0.6) is 0 Å². The molecule has 0 radical (unpaired) electrons. The average molecular weight is 468 g/mol. The highest BCUT2D eigenvalue weighted by Crippen LogP contribution is 2.36. The predicted octanol–water partition coefficient (Wildman–Crippen LogP) is 4.22. The highest BCUT2D eigenvalue weighted by molar-refractivity contribution is 7.98. The first-order valence-corrected chi connectivity index (χ1v) is 12.9. The molecule has 0 aliphatic carbocycles. The molecule has 2 fully saturated rings. The van der Waals surface area contributed by atoms with Gasteiger partial charge in [-0.05, 0) is 66.7 Å². The van der Waals surface area contributed by atoms with E-state index < -0.39 is 0 Å². The molecule has 1 atom stereocenters. The number of carbonyl (C=O) groups is 2. The van der Waals surface area contributed by atoms with E-state index in [2.05, 4.69) is 39.4 Å². The smallest absolute Gasteiger partial charge is 0.243 e. The van der Waals surface area contributed by atoms with Gasteiger partial charge in [0.2, 0.25) is 11.8 Å². The summed E-state index contributed by atoms with van der Waals surface area (Å²) in [6, 6.07) is 11.7. The lowest BCUT2D eigenvalue weighted by atomic mass is 10.0. The molecule has 2 amide bonds. The Morgan fingerprint density at radius 2 is 1.76 bits per heavy atom. The Balaban J connectivity index is 1.22. The molecule has 5 nitrogen and oxygen atoms in total. The largest absolute Gasteiger partial charge is 0.299 e. The summed E-state index contributed by atoms with van der Waals surface area (Å²) in [6.07, 6.45) is 4.82. The Bertz CT molecular complexity index is 1040. The molecule has 0 aromatic heterocycles. The van der Waals surface area contributed by atoms with Gasteiger partial charge >= 0.3 is 0 Å². The topological polar surface area (TPSA) is 52.7 Å². The van der Waals surface area contributed by atoms with Gasteiger partial charge in [-0.15, -0.1) is 11.8 Å². The number of imide groups is 1. The number of piperidine rings is 2. The third-order valence-corrected chi connectivity index (χ3v) is 8.08. The molecule has 0 spiro atoms. The summed E-state index contributed by atoms with van der Waals surface area (Å²) in [5.74, 6) is 0.0898. The Morgan fingerprint density at radius 3 is 2.52 bits per heavy atom. The number of nitrogens with one attached hydrogen (secondary N) is 1. The van der Waals surface area contributed by atoms with Gasteiger partial charge < -0.3 is 0 Å². The monoisotopic (exact) mass is 467 g/mol. The molecule has 3 aliphatic rings. The molecular formula is C26H30FN3O2S. The van der Waals surface area contributed by atoms with Crippen molar-refractivity contribution < 1.29 is 14.0 Å². The van der Waals surface area contributed by atoms with E-state index in [1.807, 2.05) is 0 Å². The van der Waals surface area contributed by atoms with Gasteiger partial charge in [-0.1, -0.05) is 30.7 Å². The molecule has 2 aromatic rings. The van der Waals surface area contributed by atoms with Crippen molar-refractivity contribution in [2.24, 2.45) is 0 Å². The zero-order valence-electron chi connectivity index (χ0n) is 18.8. The number of thioether (sulfide) groups is 1. The Labute approximate surface area is 198 Å². The third kappa shape index (κ3) is 5.31. The van der Waals surface area contributed by atoms with Crippen molar-refractivity contribution in [3.05, 3.63) is 64.5 Å². The fourth-order valence-corrected chi connectivity index (χ4v) is 6.20. The molecule has 2 saturated heterocycles. The van der Waals surface area contributed by atoms with E-state index in [0.717, 1.165) is 28.3 Å². The second-order valence-corrected chi connectivity index (χ2v) is 10.4. The van der Waals surface area contributed by atoms with Crippen molar-refractivity contribution >= 4 is 23.6 Å². The van der Waals surface area contributed by atoms with Crippen molar-refractivity contribution in [1.82, 2.24) is 15.1 Å². The van der Waals surface area contributed by atoms with E-state index in [1.165, 1.54) is 43.5 Å². The second kappa shape index (κ2) is 9.95. The van der Waals surface area contributed by atoms with Crippen molar-refractivity contribution in [2.45, 2.75) is 68.4 Å². The predicted molar refractivity (Wildman–Crippen MR) is 127 cm³/mol. The molecular weight excluding hydrogens is 437 g/mol. The van der Waals surface area contributed by atoms with E-state index >= 15 is 0 Å². The van der Waals surface area contributed by atoms with Crippen LogP contribution in [0, 0.1) is 5.82 Å². The number of amides is 2. The lowest BCUT2D eigenvalue weighted by molar-refractivity contribution is -0.137. The second-order valence-electron chi connectivity index (χ2n) is 9.36. The fraction of sp³-hybridized carbons (Fsp3) is 0.462. The van der Waals surface area contributed by atoms with Crippen molar-refractivity contribution in [2.75, 3.05) is 13.1 Å². The number of hydrogen-bond acceptors (Lipinski definition) is 5. The van der Waals surface area contributed by atoms with Crippen LogP contribution in [0.3, 0.4) is 0 Å². The number of benzene rings is 2. The van der Waals surface area contributed by atoms with Gasteiger partial charge in [0.1, 0.15) is 5.82 Å². The van der Waals surface area contributed by atoms with Crippen LogP contribution in [-0.2, 0) is 35.0 Å². The minimum Gasteiger partial charge on any atom is -0.299 e. The van der Waals surface area contributed by atoms with Gasteiger partial charge in [0.05, 0.1) is 6.04 Å². The number of likely N-dealkylation sites (tertiary alicyclic amines) is 1. The quantitative estimate of drug-likeness (QED) is 0.509. The van der Waals surface area contributed by atoms with Crippen LogP contribution in [0.15, 0.2) is 41.3 Å². The number of carbonyl (C=O) groups excluding carboxylic acids is 2. The lowest BCUT2D eigenvalue weighted by Crippen LogP contribution is -2.50. The standard InChI is InChI=1S/C26H30FN3O2S/c27-21-12-20-15-30(23-8-9-25(31)28-26(23)32)16-22(20)24(13-21)33-17-19-6-4-18(5-7-19)14-29-10-2-1-3-11-29/h4-7,12-13,23H,1-3,8-11,14-17H2,(H,28,31,32). The number of halogens is 1. The average Bonchev–Trinajstić information content (AvgIpc) is 3.23. The summed E-state index contributed by atoms with van der Waals surface area (Å²) < 4.78 is 14.4. The van der Waals surface area contributed by atoms with Crippen LogP contribution < -0.4 is 5.32 Å². The van der Waals surface area contributed by atoms with E-state index in [0.29, 0.717) is 25.9 Å². The van der Waals surface area contributed by atoms with Crippen LogP contribution in [0.1, 0.15) is 54.4 Å². The highest BCUT2D eigenvalue weighted by Gasteiger charge is 2.35. The van der Waals surface area contributed by atoms with E-state index in [9.17, 15) is 14.0 Å². The van der Waals surface area contributed by atoms with Gasteiger partial charge in [-0.25, -0.2) is 4.39 Å². The molecule has 33 heavy (non-hydrogen) atoms. The van der Waals surface area contributed by atoms with Crippen LogP contribution in [-0.4, -0.2) is 40.7 Å². The van der Waals surface area contributed by atoms with Crippen LogP contribution in [0.25, 0.3) is 0 Å². The summed E-state index contributed by atoms with van der Waals surface area (Å²) in [6.45, 7) is 4.55. The maximum absolute atomic E-state index is 14.4. The summed E-state index contributed by atoms with van der Waals surface area (Å²) in [7, 11) is 0. The van der Waals surface area contributed by atoms with Gasteiger partial charge in [0.15, 0.2) is 0 Å². The zero-order chi connectivity index (χ0) is 22.8. The number of nitrogens with zero attached hydrogens (tertiary/aromatic N) is 2. The molecule has 174 valence electrons. The summed E-state index contributed by atoms with van der Waals surface area (Å²) >= 11 is 1.65. The number of rotatable bonds is 6. The summed E-state index contributed by atoms with van der Waals surface area (Å²) in [5.41, 5.74) is 4.62. The van der Waals surface area contributed by atoms with Crippen molar-refractivity contribution in [3.63, 3.8) is 0 Å². The Morgan fingerprint density at radius 1 is 1.00 bits per heavy atom. The molecule has 0 bridgehead atoms. The Kier molecular flexibility index (Phi) is 6.81. The minimum absolute atomic E-state index is 0.211.